The van der Waals surface area contributed by atoms with Crippen LogP contribution in [0.3, 0.4) is 0 Å². The van der Waals surface area contributed by atoms with Crippen LogP contribution < -0.4 is 5.14 Å². The van der Waals surface area contributed by atoms with Gasteiger partial charge in [-0.1, -0.05) is 0 Å². The van der Waals surface area contributed by atoms with Crippen LogP contribution in [0.25, 0.3) is 0 Å². The fourth-order valence-corrected chi connectivity index (χ4v) is 3.36. The molecule has 0 radical (unpaired) electrons. The number of carbonyl (C=O) groups excluding carboxylic acids is 1. The molecule has 0 bridgehead atoms. The van der Waals surface area contributed by atoms with Crippen LogP contribution in [0.1, 0.15) is 27.2 Å². The van der Waals surface area contributed by atoms with Crippen LogP contribution in [0.4, 0.5) is 4.79 Å². The predicted octanol–water partition coefficient (Wildman–Crippen LogP) is 0.0699. The average molecular weight is 336 g/mol. The highest BCUT2D eigenvalue weighted by Gasteiger charge is 2.46. The van der Waals surface area contributed by atoms with E-state index in [1.165, 1.54) is 0 Å². The van der Waals surface area contributed by atoms with Gasteiger partial charge in [0.05, 0.1) is 31.6 Å². The SMILES string of the molecule is CC(C)(C)OC(=O)N1CCC2(COCC(CS(N)(=O)=O)O2)C1. The zero-order valence-electron chi connectivity index (χ0n) is 13.2. The van der Waals surface area contributed by atoms with Crippen molar-refractivity contribution in [2.24, 2.45) is 5.14 Å². The fourth-order valence-electron chi connectivity index (χ4n) is 2.68. The molecule has 2 atom stereocenters. The van der Waals surface area contributed by atoms with Crippen molar-refractivity contribution in [2.75, 3.05) is 32.1 Å². The summed E-state index contributed by atoms with van der Waals surface area (Å²) in [4.78, 5) is 13.7. The first-order chi connectivity index (χ1) is 9.98. The lowest BCUT2D eigenvalue weighted by molar-refractivity contribution is -0.184. The van der Waals surface area contributed by atoms with Gasteiger partial charge in [-0.3, -0.25) is 0 Å². The molecule has 2 N–H and O–H groups in total. The third-order valence-corrected chi connectivity index (χ3v) is 4.31. The molecule has 2 aliphatic rings. The molecular weight excluding hydrogens is 312 g/mol. The Hall–Kier alpha value is -0.900. The minimum atomic E-state index is -3.63. The maximum atomic E-state index is 12.1. The molecule has 2 heterocycles. The third-order valence-electron chi connectivity index (χ3n) is 3.47. The van der Waals surface area contributed by atoms with Gasteiger partial charge in [0.1, 0.15) is 11.2 Å². The summed E-state index contributed by atoms with van der Waals surface area (Å²) >= 11 is 0. The first-order valence-corrected chi connectivity index (χ1v) is 8.94. The van der Waals surface area contributed by atoms with Crippen LogP contribution >= 0.6 is 0 Å². The van der Waals surface area contributed by atoms with E-state index in [2.05, 4.69) is 0 Å². The van der Waals surface area contributed by atoms with Gasteiger partial charge in [0.25, 0.3) is 0 Å². The molecule has 0 aliphatic carbocycles. The number of sulfonamides is 1. The van der Waals surface area contributed by atoms with E-state index in [1.807, 2.05) is 0 Å². The summed E-state index contributed by atoms with van der Waals surface area (Å²) in [5.41, 5.74) is -1.24. The highest BCUT2D eigenvalue weighted by Crippen LogP contribution is 2.31. The van der Waals surface area contributed by atoms with Gasteiger partial charge in [-0.15, -0.1) is 0 Å². The lowest BCUT2D eigenvalue weighted by Gasteiger charge is -2.38. The molecular formula is C13H24N2O6S. The number of carbonyl (C=O) groups is 1. The van der Waals surface area contributed by atoms with Crippen LogP contribution in [0.15, 0.2) is 0 Å². The predicted molar refractivity (Wildman–Crippen MR) is 78.8 cm³/mol. The molecule has 1 amide bonds. The van der Waals surface area contributed by atoms with Crippen LogP contribution in [0.5, 0.6) is 0 Å². The minimum absolute atomic E-state index is 0.185. The van der Waals surface area contributed by atoms with Crippen LogP contribution in [0.2, 0.25) is 0 Å². The largest absolute Gasteiger partial charge is 0.444 e. The van der Waals surface area contributed by atoms with Crippen molar-refractivity contribution in [3.05, 3.63) is 0 Å². The second-order valence-corrected chi connectivity index (χ2v) is 8.58. The number of nitrogens with two attached hydrogens (primary N) is 1. The smallest absolute Gasteiger partial charge is 0.410 e. The molecule has 2 unspecified atom stereocenters. The normalized spacial score (nSPS) is 29.8. The Morgan fingerprint density at radius 2 is 2.14 bits per heavy atom. The van der Waals surface area contributed by atoms with Gasteiger partial charge in [0, 0.05) is 6.54 Å². The maximum Gasteiger partial charge on any atom is 0.410 e. The number of ether oxygens (including phenoxy) is 3. The Labute approximate surface area is 130 Å². The standard InChI is InChI=1S/C13H24N2O6S/c1-12(2,3)21-11(16)15-5-4-13(8-15)9-19-6-10(20-13)7-22(14,17)18/h10H,4-9H2,1-3H3,(H2,14,17,18). The van der Waals surface area contributed by atoms with E-state index in [-0.39, 0.29) is 12.4 Å². The Kier molecular flexibility index (Phi) is 4.72. The zero-order valence-corrected chi connectivity index (χ0v) is 14.0. The molecule has 8 nitrogen and oxygen atoms in total. The number of amides is 1. The van der Waals surface area contributed by atoms with E-state index in [4.69, 9.17) is 19.3 Å². The molecule has 0 aromatic heterocycles. The van der Waals surface area contributed by atoms with Crippen molar-refractivity contribution >= 4 is 16.1 Å². The lowest BCUT2D eigenvalue weighted by Crippen LogP contribution is -2.52. The summed E-state index contributed by atoms with van der Waals surface area (Å²) in [6, 6.07) is 0. The van der Waals surface area contributed by atoms with Crippen LogP contribution in [0, 0.1) is 0 Å². The van der Waals surface area contributed by atoms with Crippen molar-refractivity contribution in [2.45, 2.75) is 44.5 Å². The van der Waals surface area contributed by atoms with Crippen molar-refractivity contribution in [3.8, 4) is 0 Å². The summed E-state index contributed by atoms with van der Waals surface area (Å²) in [6.07, 6.45) is -0.434. The molecule has 22 heavy (non-hydrogen) atoms. The summed E-state index contributed by atoms with van der Waals surface area (Å²) in [5.74, 6) is -0.290. The Morgan fingerprint density at radius 3 is 2.73 bits per heavy atom. The number of nitrogens with zero attached hydrogens (tertiary/aromatic N) is 1. The van der Waals surface area contributed by atoms with Crippen molar-refractivity contribution in [1.82, 2.24) is 4.90 Å². The number of hydrogen-bond donors (Lipinski definition) is 1. The molecule has 128 valence electrons. The molecule has 2 rings (SSSR count). The van der Waals surface area contributed by atoms with Gasteiger partial charge in [-0.05, 0) is 27.2 Å². The summed E-state index contributed by atoms with van der Waals surface area (Å²) in [6.45, 7) is 6.73. The summed E-state index contributed by atoms with van der Waals surface area (Å²) in [7, 11) is -3.63. The van der Waals surface area contributed by atoms with Crippen molar-refractivity contribution < 1.29 is 27.4 Å². The third kappa shape index (κ3) is 4.80. The highest BCUT2D eigenvalue weighted by molar-refractivity contribution is 7.89. The Bertz CT molecular complexity index is 529. The fraction of sp³-hybridized carbons (Fsp3) is 0.923. The van der Waals surface area contributed by atoms with E-state index in [0.717, 1.165) is 0 Å². The Morgan fingerprint density at radius 1 is 1.45 bits per heavy atom. The van der Waals surface area contributed by atoms with Crippen molar-refractivity contribution in [1.29, 1.82) is 0 Å². The second-order valence-electron chi connectivity index (χ2n) is 6.92. The van der Waals surface area contributed by atoms with E-state index >= 15 is 0 Å². The molecule has 1 spiro atoms. The monoisotopic (exact) mass is 336 g/mol. The number of primary sulfonamides is 1. The van der Waals surface area contributed by atoms with E-state index in [9.17, 15) is 13.2 Å². The molecule has 0 aromatic rings. The lowest BCUT2D eigenvalue weighted by atomic mass is 10.0. The molecule has 2 fully saturated rings. The van der Waals surface area contributed by atoms with Gasteiger partial charge in [0.2, 0.25) is 10.0 Å². The molecule has 9 heteroatoms. The quantitative estimate of drug-likeness (QED) is 0.764. The molecule has 2 aliphatic heterocycles. The molecule has 0 saturated carbocycles. The average Bonchev–Trinajstić information content (AvgIpc) is 2.68. The van der Waals surface area contributed by atoms with Crippen molar-refractivity contribution in [3.63, 3.8) is 0 Å². The van der Waals surface area contributed by atoms with E-state index in [0.29, 0.717) is 26.1 Å². The maximum absolute atomic E-state index is 12.1. The number of hydrogen-bond acceptors (Lipinski definition) is 6. The van der Waals surface area contributed by atoms with Gasteiger partial charge in [0.15, 0.2) is 0 Å². The number of rotatable bonds is 2. The second kappa shape index (κ2) is 5.95. The summed E-state index contributed by atoms with van der Waals surface area (Å²) < 4.78 is 39.1. The molecule has 2 saturated heterocycles. The number of likely N-dealkylation sites (tertiary alicyclic amines) is 1. The van der Waals surface area contributed by atoms with Gasteiger partial charge >= 0.3 is 6.09 Å². The topological polar surface area (TPSA) is 108 Å². The van der Waals surface area contributed by atoms with E-state index in [1.54, 1.807) is 25.7 Å². The highest BCUT2D eigenvalue weighted by atomic mass is 32.2. The van der Waals surface area contributed by atoms with Gasteiger partial charge in [-0.25, -0.2) is 18.4 Å². The van der Waals surface area contributed by atoms with Gasteiger partial charge in [-0.2, -0.15) is 0 Å². The van der Waals surface area contributed by atoms with Crippen LogP contribution in [-0.2, 0) is 24.2 Å². The first kappa shape index (κ1) is 17.5. The first-order valence-electron chi connectivity index (χ1n) is 7.22. The van der Waals surface area contributed by atoms with Gasteiger partial charge < -0.3 is 19.1 Å². The zero-order chi connectivity index (χ0) is 16.6. The van der Waals surface area contributed by atoms with E-state index < -0.39 is 33.4 Å². The summed E-state index contributed by atoms with van der Waals surface area (Å²) in [5, 5.41) is 5.05. The molecule has 0 aromatic carbocycles. The van der Waals surface area contributed by atoms with Crippen LogP contribution in [-0.4, -0.2) is 68.8 Å². The minimum Gasteiger partial charge on any atom is -0.444 e. The Balaban J connectivity index is 1.97.